The minimum atomic E-state index is -0.0283. The van der Waals surface area contributed by atoms with Crippen molar-refractivity contribution in [3.8, 4) is 0 Å². The van der Waals surface area contributed by atoms with Crippen LogP contribution < -0.4 is 5.32 Å². The molecule has 98 valence electrons. The van der Waals surface area contributed by atoms with Crippen LogP contribution >= 0.6 is 0 Å². The fourth-order valence-corrected chi connectivity index (χ4v) is 2.49. The molecule has 1 aromatic rings. The lowest BCUT2D eigenvalue weighted by Gasteiger charge is -2.16. The van der Waals surface area contributed by atoms with Crippen molar-refractivity contribution >= 4 is 5.91 Å². The van der Waals surface area contributed by atoms with E-state index in [9.17, 15) is 4.79 Å². The Balaban J connectivity index is 2.02. The predicted octanol–water partition coefficient (Wildman–Crippen LogP) is 2.55. The summed E-state index contributed by atoms with van der Waals surface area (Å²) in [5, 5.41) is 3.12. The van der Waals surface area contributed by atoms with Crippen molar-refractivity contribution in [3.05, 3.63) is 23.3 Å². The van der Waals surface area contributed by atoms with Crippen molar-refractivity contribution in [1.82, 2.24) is 15.3 Å². The summed E-state index contributed by atoms with van der Waals surface area (Å²) in [4.78, 5) is 20.5. The Hall–Kier alpha value is -1.45. The molecule has 0 radical (unpaired) electrons. The van der Waals surface area contributed by atoms with Gasteiger partial charge in [-0.05, 0) is 26.7 Å². The molecule has 1 aliphatic rings. The Labute approximate surface area is 108 Å². The largest absolute Gasteiger partial charge is 0.349 e. The van der Waals surface area contributed by atoms with Gasteiger partial charge in [-0.2, -0.15) is 0 Å². The van der Waals surface area contributed by atoms with Gasteiger partial charge >= 0.3 is 0 Å². The zero-order valence-electron chi connectivity index (χ0n) is 11.2. The molecule has 0 atom stereocenters. The molecule has 0 unspecified atom stereocenters. The highest BCUT2D eigenvalue weighted by atomic mass is 16.1. The van der Waals surface area contributed by atoms with Gasteiger partial charge < -0.3 is 5.32 Å². The third kappa shape index (κ3) is 3.28. The van der Waals surface area contributed by atoms with Gasteiger partial charge in [0.15, 0.2) is 0 Å². The number of aromatic nitrogens is 2. The third-order valence-electron chi connectivity index (χ3n) is 3.53. The SMILES string of the molecule is Cc1ncc(C(=O)NC2CCCCCC2)c(C)n1. The summed E-state index contributed by atoms with van der Waals surface area (Å²) in [6, 6.07) is 0.320. The Morgan fingerprint density at radius 2 is 1.89 bits per heavy atom. The number of aryl methyl sites for hydroxylation is 2. The number of hydrogen-bond acceptors (Lipinski definition) is 3. The Kier molecular flexibility index (Phi) is 4.28. The van der Waals surface area contributed by atoms with Crippen LogP contribution in [0, 0.1) is 13.8 Å². The molecule has 1 aliphatic carbocycles. The zero-order valence-corrected chi connectivity index (χ0v) is 11.2. The maximum atomic E-state index is 12.2. The topological polar surface area (TPSA) is 54.9 Å². The van der Waals surface area contributed by atoms with Gasteiger partial charge in [-0.15, -0.1) is 0 Å². The van der Waals surface area contributed by atoms with E-state index >= 15 is 0 Å². The maximum absolute atomic E-state index is 12.2. The molecule has 0 bridgehead atoms. The highest BCUT2D eigenvalue weighted by Gasteiger charge is 2.17. The van der Waals surface area contributed by atoms with E-state index in [0.717, 1.165) is 18.5 Å². The number of hydrogen-bond donors (Lipinski definition) is 1. The van der Waals surface area contributed by atoms with Gasteiger partial charge in [-0.25, -0.2) is 9.97 Å². The Morgan fingerprint density at radius 3 is 2.50 bits per heavy atom. The molecule has 1 aromatic heterocycles. The number of carbonyl (C=O) groups is 1. The number of nitrogens with zero attached hydrogens (tertiary/aromatic N) is 2. The van der Waals surface area contributed by atoms with Gasteiger partial charge in [0.05, 0.1) is 11.3 Å². The van der Waals surface area contributed by atoms with E-state index in [1.807, 2.05) is 13.8 Å². The maximum Gasteiger partial charge on any atom is 0.254 e. The van der Waals surface area contributed by atoms with Crippen LogP contribution in [-0.2, 0) is 0 Å². The normalized spacial score (nSPS) is 17.2. The van der Waals surface area contributed by atoms with Crippen molar-refractivity contribution < 1.29 is 4.79 Å². The fraction of sp³-hybridized carbons (Fsp3) is 0.643. The molecule has 1 heterocycles. The first kappa shape index (κ1) is 13.0. The van der Waals surface area contributed by atoms with E-state index < -0.39 is 0 Å². The smallest absolute Gasteiger partial charge is 0.254 e. The van der Waals surface area contributed by atoms with Crippen LogP contribution in [0.4, 0.5) is 0 Å². The first-order valence-corrected chi connectivity index (χ1v) is 6.78. The molecular formula is C14H21N3O. The van der Waals surface area contributed by atoms with Crippen molar-refractivity contribution in [2.45, 2.75) is 58.4 Å². The summed E-state index contributed by atoms with van der Waals surface area (Å²) in [6.45, 7) is 3.69. The van der Waals surface area contributed by atoms with E-state index in [4.69, 9.17) is 0 Å². The summed E-state index contributed by atoms with van der Waals surface area (Å²) in [6.07, 6.45) is 8.83. The summed E-state index contributed by atoms with van der Waals surface area (Å²) < 4.78 is 0. The van der Waals surface area contributed by atoms with Crippen LogP contribution in [0.15, 0.2) is 6.20 Å². The van der Waals surface area contributed by atoms with Gasteiger partial charge in [-0.1, -0.05) is 25.7 Å². The van der Waals surface area contributed by atoms with E-state index in [2.05, 4.69) is 15.3 Å². The van der Waals surface area contributed by atoms with Crippen LogP contribution in [0.5, 0.6) is 0 Å². The van der Waals surface area contributed by atoms with Crippen LogP contribution in [0.1, 0.15) is 60.4 Å². The molecule has 1 N–H and O–H groups in total. The predicted molar refractivity (Wildman–Crippen MR) is 70.5 cm³/mol. The molecular weight excluding hydrogens is 226 g/mol. The summed E-state index contributed by atoms with van der Waals surface area (Å²) >= 11 is 0. The van der Waals surface area contributed by atoms with Gasteiger partial charge in [0.25, 0.3) is 5.91 Å². The molecule has 1 saturated carbocycles. The first-order chi connectivity index (χ1) is 8.66. The molecule has 4 nitrogen and oxygen atoms in total. The molecule has 4 heteroatoms. The highest BCUT2D eigenvalue weighted by molar-refractivity contribution is 5.95. The van der Waals surface area contributed by atoms with E-state index in [0.29, 0.717) is 17.4 Å². The second kappa shape index (κ2) is 5.94. The standard InChI is InChI=1S/C14H21N3O/c1-10-13(9-15-11(2)16-10)14(18)17-12-7-5-3-4-6-8-12/h9,12H,3-8H2,1-2H3,(H,17,18). The lowest BCUT2D eigenvalue weighted by Crippen LogP contribution is -2.35. The van der Waals surface area contributed by atoms with E-state index in [1.165, 1.54) is 25.7 Å². The quantitative estimate of drug-likeness (QED) is 0.817. The fourth-order valence-electron chi connectivity index (χ4n) is 2.49. The van der Waals surface area contributed by atoms with E-state index in [1.54, 1.807) is 6.20 Å². The summed E-state index contributed by atoms with van der Waals surface area (Å²) in [7, 11) is 0. The Morgan fingerprint density at radius 1 is 1.22 bits per heavy atom. The Bertz CT molecular complexity index is 423. The average Bonchev–Trinajstić information content (AvgIpc) is 2.57. The molecule has 2 rings (SSSR count). The number of nitrogens with one attached hydrogen (secondary N) is 1. The monoisotopic (exact) mass is 247 g/mol. The minimum absolute atomic E-state index is 0.0283. The summed E-state index contributed by atoms with van der Waals surface area (Å²) in [5.74, 6) is 0.679. The first-order valence-electron chi connectivity index (χ1n) is 6.78. The van der Waals surface area contributed by atoms with Gasteiger partial charge in [0, 0.05) is 12.2 Å². The van der Waals surface area contributed by atoms with Crippen molar-refractivity contribution in [3.63, 3.8) is 0 Å². The molecule has 0 saturated heterocycles. The molecule has 0 aliphatic heterocycles. The summed E-state index contributed by atoms with van der Waals surface area (Å²) in [5.41, 5.74) is 1.36. The molecule has 1 fully saturated rings. The second-order valence-electron chi connectivity index (χ2n) is 5.08. The second-order valence-corrected chi connectivity index (χ2v) is 5.08. The third-order valence-corrected chi connectivity index (χ3v) is 3.53. The molecule has 0 spiro atoms. The van der Waals surface area contributed by atoms with Crippen LogP contribution in [-0.4, -0.2) is 21.9 Å². The molecule has 1 amide bonds. The molecule has 18 heavy (non-hydrogen) atoms. The number of amides is 1. The van der Waals surface area contributed by atoms with Crippen LogP contribution in [0.25, 0.3) is 0 Å². The highest BCUT2D eigenvalue weighted by Crippen LogP contribution is 2.17. The van der Waals surface area contributed by atoms with Crippen molar-refractivity contribution in [2.24, 2.45) is 0 Å². The minimum Gasteiger partial charge on any atom is -0.349 e. The molecule has 0 aromatic carbocycles. The van der Waals surface area contributed by atoms with Crippen molar-refractivity contribution in [1.29, 1.82) is 0 Å². The zero-order chi connectivity index (χ0) is 13.0. The van der Waals surface area contributed by atoms with Gasteiger partial charge in [0.1, 0.15) is 5.82 Å². The number of rotatable bonds is 2. The van der Waals surface area contributed by atoms with Gasteiger partial charge in [0.2, 0.25) is 0 Å². The van der Waals surface area contributed by atoms with Crippen LogP contribution in [0.3, 0.4) is 0 Å². The average molecular weight is 247 g/mol. The van der Waals surface area contributed by atoms with E-state index in [-0.39, 0.29) is 5.91 Å². The lowest BCUT2D eigenvalue weighted by atomic mass is 10.1. The van der Waals surface area contributed by atoms with Gasteiger partial charge in [-0.3, -0.25) is 4.79 Å². The number of carbonyl (C=O) groups excluding carboxylic acids is 1. The van der Waals surface area contributed by atoms with Crippen molar-refractivity contribution in [2.75, 3.05) is 0 Å². The lowest BCUT2D eigenvalue weighted by molar-refractivity contribution is 0.0932. The van der Waals surface area contributed by atoms with Crippen LogP contribution in [0.2, 0.25) is 0 Å².